The first-order chi connectivity index (χ1) is 9.72. The van der Waals surface area contributed by atoms with E-state index in [0.29, 0.717) is 12.0 Å². The van der Waals surface area contributed by atoms with Gasteiger partial charge in [-0.25, -0.2) is 0 Å². The molecule has 0 atom stereocenters. The van der Waals surface area contributed by atoms with Gasteiger partial charge in [-0.3, -0.25) is 4.79 Å². The average Bonchev–Trinajstić information content (AvgIpc) is 2.49. The zero-order valence-electron chi connectivity index (χ0n) is 11.4. The van der Waals surface area contributed by atoms with Crippen LogP contribution in [0.3, 0.4) is 0 Å². The molecule has 0 saturated carbocycles. The summed E-state index contributed by atoms with van der Waals surface area (Å²) in [6, 6.07) is 14.8. The van der Waals surface area contributed by atoms with Crippen LogP contribution in [0.1, 0.15) is 15.9 Å². The Kier molecular flexibility index (Phi) is 4.74. The molecule has 4 nitrogen and oxygen atoms in total. The standard InChI is InChI=1S/C16H18N2O2/c1-17-14-8-4-13(5-9-14)16(20)18-15-6-2-12(3-7-15)10-11-19/h2-9,17,19H,10-11H2,1H3,(H,18,20). The van der Waals surface area contributed by atoms with Gasteiger partial charge in [-0.15, -0.1) is 0 Å². The zero-order valence-corrected chi connectivity index (χ0v) is 11.4. The van der Waals surface area contributed by atoms with E-state index in [9.17, 15) is 4.79 Å². The van der Waals surface area contributed by atoms with Crippen LogP contribution >= 0.6 is 0 Å². The van der Waals surface area contributed by atoms with Crippen molar-refractivity contribution in [1.82, 2.24) is 0 Å². The van der Waals surface area contributed by atoms with Gasteiger partial charge in [0.05, 0.1) is 0 Å². The van der Waals surface area contributed by atoms with Gasteiger partial charge in [0.15, 0.2) is 0 Å². The molecular weight excluding hydrogens is 252 g/mol. The lowest BCUT2D eigenvalue weighted by Crippen LogP contribution is -2.11. The second-order valence-corrected chi connectivity index (χ2v) is 4.45. The van der Waals surface area contributed by atoms with Gasteiger partial charge in [0.1, 0.15) is 0 Å². The van der Waals surface area contributed by atoms with Gasteiger partial charge in [0, 0.05) is 30.6 Å². The number of carbonyl (C=O) groups is 1. The second kappa shape index (κ2) is 6.73. The van der Waals surface area contributed by atoms with E-state index in [2.05, 4.69) is 10.6 Å². The maximum Gasteiger partial charge on any atom is 0.255 e. The highest BCUT2D eigenvalue weighted by molar-refractivity contribution is 6.04. The SMILES string of the molecule is CNc1ccc(C(=O)Nc2ccc(CCO)cc2)cc1. The fourth-order valence-electron chi connectivity index (χ4n) is 1.88. The van der Waals surface area contributed by atoms with Crippen LogP contribution in [-0.4, -0.2) is 24.7 Å². The zero-order chi connectivity index (χ0) is 14.4. The van der Waals surface area contributed by atoms with E-state index < -0.39 is 0 Å². The lowest BCUT2D eigenvalue weighted by Gasteiger charge is -2.07. The molecule has 4 heteroatoms. The monoisotopic (exact) mass is 270 g/mol. The second-order valence-electron chi connectivity index (χ2n) is 4.45. The molecule has 2 rings (SSSR count). The Hall–Kier alpha value is -2.33. The van der Waals surface area contributed by atoms with Crippen molar-refractivity contribution in [2.45, 2.75) is 6.42 Å². The van der Waals surface area contributed by atoms with Crippen LogP contribution in [0.15, 0.2) is 48.5 Å². The normalized spacial score (nSPS) is 10.1. The van der Waals surface area contributed by atoms with Gasteiger partial charge in [-0.2, -0.15) is 0 Å². The van der Waals surface area contributed by atoms with Gasteiger partial charge in [0.25, 0.3) is 5.91 Å². The molecule has 0 unspecified atom stereocenters. The van der Waals surface area contributed by atoms with Gasteiger partial charge in [-0.05, 0) is 48.4 Å². The molecule has 0 spiro atoms. The summed E-state index contributed by atoms with van der Waals surface area (Å²) in [6.45, 7) is 0.128. The number of hydrogen-bond acceptors (Lipinski definition) is 3. The fraction of sp³-hybridized carbons (Fsp3) is 0.188. The van der Waals surface area contributed by atoms with E-state index in [1.807, 2.05) is 43.4 Å². The van der Waals surface area contributed by atoms with Crippen LogP contribution in [0, 0.1) is 0 Å². The van der Waals surface area contributed by atoms with Crippen molar-refractivity contribution in [3.63, 3.8) is 0 Å². The number of rotatable bonds is 5. The molecule has 0 heterocycles. The Bertz CT molecular complexity index is 562. The third kappa shape index (κ3) is 3.59. The first kappa shape index (κ1) is 14.1. The summed E-state index contributed by atoms with van der Waals surface area (Å²) in [7, 11) is 1.84. The summed E-state index contributed by atoms with van der Waals surface area (Å²) in [5.41, 5.74) is 3.37. The molecule has 3 N–H and O–H groups in total. The largest absolute Gasteiger partial charge is 0.396 e. The molecule has 0 aliphatic heterocycles. The van der Waals surface area contributed by atoms with E-state index in [-0.39, 0.29) is 12.5 Å². The molecular formula is C16H18N2O2. The quantitative estimate of drug-likeness (QED) is 0.782. The molecule has 2 aromatic carbocycles. The number of nitrogens with one attached hydrogen (secondary N) is 2. The molecule has 104 valence electrons. The number of aliphatic hydroxyl groups is 1. The van der Waals surface area contributed by atoms with Crippen LogP contribution in [-0.2, 0) is 6.42 Å². The summed E-state index contributed by atoms with van der Waals surface area (Å²) >= 11 is 0. The Morgan fingerprint density at radius 1 is 1.00 bits per heavy atom. The van der Waals surface area contributed by atoms with Crippen LogP contribution < -0.4 is 10.6 Å². The molecule has 0 radical (unpaired) electrons. The number of hydrogen-bond donors (Lipinski definition) is 3. The molecule has 0 saturated heterocycles. The third-order valence-corrected chi connectivity index (χ3v) is 3.05. The van der Waals surface area contributed by atoms with Gasteiger partial charge in [-0.1, -0.05) is 12.1 Å². The Morgan fingerprint density at radius 3 is 2.15 bits per heavy atom. The minimum Gasteiger partial charge on any atom is -0.396 e. The van der Waals surface area contributed by atoms with E-state index in [1.165, 1.54) is 0 Å². The highest BCUT2D eigenvalue weighted by Gasteiger charge is 2.05. The van der Waals surface area contributed by atoms with Crippen molar-refractivity contribution in [3.05, 3.63) is 59.7 Å². The van der Waals surface area contributed by atoms with Crippen LogP contribution in [0.5, 0.6) is 0 Å². The Labute approximate surface area is 118 Å². The molecule has 20 heavy (non-hydrogen) atoms. The lowest BCUT2D eigenvalue weighted by molar-refractivity contribution is 0.102. The predicted molar refractivity (Wildman–Crippen MR) is 81.2 cm³/mol. The summed E-state index contributed by atoms with van der Waals surface area (Å²) in [4.78, 5) is 12.1. The molecule has 0 bridgehead atoms. The van der Waals surface area contributed by atoms with E-state index in [4.69, 9.17) is 5.11 Å². The van der Waals surface area contributed by atoms with E-state index >= 15 is 0 Å². The minimum absolute atomic E-state index is 0.128. The highest BCUT2D eigenvalue weighted by atomic mass is 16.2. The molecule has 0 aliphatic rings. The molecule has 0 aliphatic carbocycles. The van der Waals surface area contributed by atoms with E-state index in [0.717, 1.165) is 16.9 Å². The number of benzene rings is 2. The molecule has 2 aromatic rings. The molecule has 0 fully saturated rings. The van der Waals surface area contributed by atoms with Crippen molar-refractivity contribution in [2.24, 2.45) is 0 Å². The predicted octanol–water partition coefficient (Wildman–Crippen LogP) is 2.52. The Balaban J connectivity index is 2.02. The molecule has 1 amide bonds. The van der Waals surface area contributed by atoms with Gasteiger partial charge >= 0.3 is 0 Å². The number of amides is 1. The third-order valence-electron chi connectivity index (χ3n) is 3.05. The molecule has 0 aromatic heterocycles. The topological polar surface area (TPSA) is 61.4 Å². The number of anilines is 2. The van der Waals surface area contributed by atoms with Crippen molar-refractivity contribution < 1.29 is 9.90 Å². The smallest absolute Gasteiger partial charge is 0.255 e. The lowest BCUT2D eigenvalue weighted by atomic mass is 10.1. The van der Waals surface area contributed by atoms with Crippen molar-refractivity contribution in [3.8, 4) is 0 Å². The van der Waals surface area contributed by atoms with Crippen LogP contribution in [0.25, 0.3) is 0 Å². The summed E-state index contributed by atoms with van der Waals surface area (Å²) in [5.74, 6) is -0.137. The summed E-state index contributed by atoms with van der Waals surface area (Å²) < 4.78 is 0. The first-order valence-electron chi connectivity index (χ1n) is 6.52. The minimum atomic E-state index is -0.137. The van der Waals surface area contributed by atoms with Crippen molar-refractivity contribution in [1.29, 1.82) is 0 Å². The number of carbonyl (C=O) groups excluding carboxylic acids is 1. The van der Waals surface area contributed by atoms with Crippen molar-refractivity contribution in [2.75, 3.05) is 24.3 Å². The van der Waals surface area contributed by atoms with Gasteiger partial charge in [0.2, 0.25) is 0 Å². The van der Waals surface area contributed by atoms with Gasteiger partial charge < -0.3 is 15.7 Å². The Morgan fingerprint density at radius 2 is 1.60 bits per heavy atom. The maximum atomic E-state index is 12.1. The van der Waals surface area contributed by atoms with Crippen molar-refractivity contribution >= 4 is 17.3 Å². The maximum absolute atomic E-state index is 12.1. The summed E-state index contributed by atoms with van der Waals surface area (Å²) in [6.07, 6.45) is 0.625. The summed E-state index contributed by atoms with van der Waals surface area (Å²) in [5, 5.41) is 14.7. The average molecular weight is 270 g/mol. The van der Waals surface area contributed by atoms with E-state index in [1.54, 1.807) is 12.1 Å². The first-order valence-corrected chi connectivity index (χ1v) is 6.52. The van der Waals surface area contributed by atoms with Crippen LogP contribution in [0.4, 0.5) is 11.4 Å². The number of aliphatic hydroxyl groups excluding tert-OH is 1. The van der Waals surface area contributed by atoms with Crippen LogP contribution in [0.2, 0.25) is 0 Å². The fourth-order valence-corrected chi connectivity index (χ4v) is 1.88. The highest BCUT2D eigenvalue weighted by Crippen LogP contribution is 2.13.